The van der Waals surface area contributed by atoms with E-state index in [4.69, 9.17) is 0 Å². The lowest BCUT2D eigenvalue weighted by atomic mass is 9.98. The van der Waals surface area contributed by atoms with Gasteiger partial charge in [-0.3, -0.25) is 0 Å². The first-order valence-electron chi connectivity index (χ1n) is 4.97. The van der Waals surface area contributed by atoms with Crippen molar-refractivity contribution in [3.63, 3.8) is 0 Å². The largest absolute Gasteiger partial charge is 0.508 e. The number of aromatic hydroxyl groups is 1. The summed E-state index contributed by atoms with van der Waals surface area (Å²) in [6.45, 7) is 3.93. The molecule has 0 unspecified atom stereocenters. The highest BCUT2D eigenvalue weighted by molar-refractivity contribution is 5.67. The van der Waals surface area contributed by atoms with E-state index < -0.39 is 0 Å². The number of rotatable bonds is 1. The molecule has 14 heavy (non-hydrogen) atoms. The van der Waals surface area contributed by atoms with E-state index in [0.717, 1.165) is 25.1 Å². The molecule has 1 aliphatic heterocycles. The van der Waals surface area contributed by atoms with Gasteiger partial charge in [0, 0.05) is 6.54 Å². The van der Waals surface area contributed by atoms with Crippen molar-refractivity contribution in [2.45, 2.75) is 13.3 Å². The maximum atomic E-state index is 9.41. The minimum atomic E-state index is 0.378. The smallest absolute Gasteiger partial charge is 0.118 e. The first kappa shape index (κ1) is 9.28. The molecule has 0 atom stereocenters. The fraction of sp³-hybridized carbons (Fsp3) is 0.333. The van der Waals surface area contributed by atoms with Crippen LogP contribution in [0.1, 0.15) is 17.5 Å². The average molecular weight is 189 g/mol. The van der Waals surface area contributed by atoms with Gasteiger partial charge in [0.25, 0.3) is 0 Å². The molecule has 0 saturated heterocycles. The molecule has 74 valence electrons. The van der Waals surface area contributed by atoms with Crippen LogP contribution in [0.5, 0.6) is 5.75 Å². The maximum absolute atomic E-state index is 9.41. The third-order valence-corrected chi connectivity index (χ3v) is 2.63. The van der Waals surface area contributed by atoms with Gasteiger partial charge in [0.2, 0.25) is 0 Å². The molecule has 0 aliphatic carbocycles. The predicted molar refractivity (Wildman–Crippen MR) is 58.3 cm³/mol. The second-order valence-electron chi connectivity index (χ2n) is 3.68. The number of hydrogen-bond donors (Lipinski definition) is 2. The Balaban J connectivity index is 2.32. The van der Waals surface area contributed by atoms with E-state index in [0.29, 0.717) is 5.75 Å². The van der Waals surface area contributed by atoms with E-state index in [2.05, 4.69) is 11.4 Å². The zero-order valence-electron chi connectivity index (χ0n) is 8.38. The maximum Gasteiger partial charge on any atom is 0.118 e. The molecule has 1 aromatic carbocycles. The van der Waals surface area contributed by atoms with Gasteiger partial charge in [0.05, 0.1) is 0 Å². The number of aryl methyl sites for hydroxylation is 1. The topological polar surface area (TPSA) is 32.3 Å². The quantitative estimate of drug-likeness (QED) is 0.709. The Labute approximate surface area is 84.3 Å². The third-order valence-electron chi connectivity index (χ3n) is 2.63. The SMILES string of the molecule is Cc1cc(C2=CCNCC2)ccc1O. The van der Waals surface area contributed by atoms with Crippen LogP contribution in [-0.4, -0.2) is 18.2 Å². The first-order valence-corrected chi connectivity index (χ1v) is 4.97. The molecule has 1 aliphatic rings. The lowest BCUT2D eigenvalue weighted by Crippen LogP contribution is -2.19. The summed E-state index contributed by atoms with van der Waals surface area (Å²) >= 11 is 0. The Kier molecular flexibility index (Phi) is 2.55. The molecule has 0 fully saturated rings. The summed E-state index contributed by atoms with van der Waals surface area (Å²) in [5.41, 5.74) is 3.57. The van der Waals surface area contributed by atoms with Crippen molar-refractivity contribution in [1.29, 1.82) is 0 Å². The molecular weight excluding hydrogens is 174 g/mol. The Morgan fingerprint density at radius 2 is 2.21 bits per heavy atom. The van der Waals surface area contributed by atoms with Crippen molar-refractivity contribution in [3.8, 4) is 5.75 Å². The molecule has 2 rings (SSSR count). The molecule has 0 bridgehead atoms. The summed E-state index contributed by atoms with van der Waals surface area (Å²) < 4.78 is 0. The van der Waals surface area contributed by atoms with Crippen LogP contribution < -0.4 is 5.32 Å². The molecule has 0 amide bonds. The minimum Gasteiger partial charge on any atom is -0.508 e. The van der Waals surface area contributed by atoms with Crippen molar-refractivity contribution in [2.24, 2.45) is 0 Å². The van der Waals surface area contributed by atoms with Crippen molar-refractivity contribution >= 4 is 5.57 Å². The third kappa shape index (κ3) is 1.80. The summed E-state index contributed by atoms with van der Waals surface area (Å²) in [6.07, 6.45) is 3.29. The van der Waals surface area contributed by atoms with Crippen LogP contribution in [-0.2, 0) is 0 Å². The molecule has 0 radical (unpaired) electrons. The summed E-state index contributed by atoms with van der Waals surface area (Å²) in [4.78, 5) is 0. The summed E-state index contributed by atoms with van der Waals surface area (Å²) in [5, 5.41) is 12.7. The lowest BCUT2D eigenvalue weighted by molar-refractivity contribution is 0.471. The Morgan fingerprint density at radius 3 is 2.86 bits per heavy atom. The minimum absolute atomic E-state index is 0.378. The molecular formula is C12H15NO. The van der Waals surface area contributed by atoms with Crippen molar-refractivity contribution < 1.29 is 5.11 Å². The highest BCUT2D eigenvalue weighted by atomic mass is 16.3. The molecule has 2 N–H and O–H groups in total. The van der Waals surface area contributed by atoms with Crippen LogP contribution in [0.25, 0.3) is 5.57 Å². The lowest BCUT2D eigenvalue weighted by Gasteiger charge is -2.14. The fourth-order valence-corrected chi connectivity index (χ4v) is 1.74. The van der Waals surface area contributed by atoms with E-state index in [1.165, 1.54) is 11.1 Å². The van der Waals surface area contributed by atoms with Crippen LogP contribution in [0, 0.1) is 6.92 Å². The molecule has 0 spiro atoms. The second-order valence-corrected chi connectivity index (χ2v) is 3.68. The van der Waals surface area contributed by atoms with Crippen molar-refractivity contribution in [2.75, 3.05) is 13.1 Å². The zero-order valence-corrected chi connectivity index (χ0v) is 8.38. The molecule has 1 heterocycles. The summed E-state index contributed by atoms with van der Waals surface area (Å²) in [6, 6.07) is 5.81. The molecule has 2 heteroatoms. The van der Waals surface area contributed by atoms with Crippen LogP contribution in [0.15, 0.2) is 24.3 Å². The predicted octanol–water partition coefficient (Wildman–Crippen LogP) is 2.08. The van der Waals surface area contributed by atoms with E-state index >= 15 is 0 Å². The van der Waals surface area contributed by atoms with Gasteiger partial charge in [0.1, 0.15) is 5.75 Å². The highest BCUT2D eigenvalue weighted by Crippen LogP contribution is 2.24. The Hall–Kier alpha value is -1.28. The van der Waals surface area contributed by atoms with Crippen LogP contribution in [0.4, 0.5) is 0 Å². The van der Waals surface area contributed by atoms with Gasteiger partial charge in [-0.05, 0) is 48.7 Å². The number of benzene rings is 1. The normalized spacial score (nSPS) is 16.5. The Morgan fingerprint density at radius 1 is 1.36 bits per heavy atom. The van der Waals surface area contributed by atoms with Gasteiger partial charge < -0.3 is 10.4 Å². The second kappa shape index (κ2) is 3.84. The zero-order chi connectivity index (χ0) is 9.97. The standard InChI is InChI=1S/C12H15NO/c1-9-8-11(2-3-12(9)14)10-4-6-13-7-5-10/h2-4,8,13-14H,5-7H2,1H3. The van der Waals surface area contributed by atoms with E-state index in [1.54, 1.807) is 6.07 Å². The molecule has 2 nitrogen and oxygen atoms in total. The fourth-order valence-electron chi connectivity index (χ4n) is 1.74. The monoisotopic (exact) mass is 189 g/mol. The highest BCUT2D eigenvalue weighted by Gasteiger charge is 2.06. The van der Waals surface area contributed by atoms with Gasteiger partial charge in [-0.1, -0.05) is 12.1 Å². The number of phenolic OH excluding ortho intramolecular Hbond substituents is 1. The Bertz CT molecular complexity index is 369. The van der Waals surface area contributed by atoms with Gasteiger partial charge in [-0.2, -0.15) is 0 Å². The van der Waals surface area contributed by atoms with E-state index in [1.807, 2.05) is 19.1 Å². The van der Waals surface area contributed by atoms with Crippen LogP contribution in [0.3, 0.4) is 0 Å². The first-order chi connectivity index (χ1) is 6.77. The average Bonchev–Trinajstić information content (AvgIpc) is 2.23. The van der Waals surface area contributed by atoms with Crippen LogP contribution in [0.2, 0.25) is 0 Å². The summed E-state index contributed by atoms with van der Waals surface area (Å²) in [7, 11) is 0. The van der Waals surface area contributed by atoms with Gasteiger partial charge in [-0.25, -0.2) is 0 Å². The number of phenols is 1. The summed E-state index contributed by atoms with van der Waals surface area (Å²) in [5.74, 6) is 0.378. The van der Waals surface area contributed by atoms with Gasteiger partial charge in [0.15, 0.2) is 0 Å². The van der Waals surface area contributed by atoms with Gasteiger partial charge in [-0.15, -0.1) is 0 Å². The van der Waals surface area contributed by atoms with Crippen molar-refractivity contribution in [3.05, 3.63) is 35.4 Å². The molecule has 0 saturated carbocycles. The van der Waals surface area contributed by atoms with Crippen LogP contribution >= 0.6 is 0 Å². The number of nitrogens with one attached hydrogen (secondary N) is 1. The van der Waals surface area contributed by atoms with E-state index in [9.17, 15) is 5.11 Å². The molecule has 1 aromatic rings. The molecule has 0 aromatic heterocycles. The van der Waals surface area contributed by atoms with Crippen molar-refractivity contribution in [1.82, 2.24) is 5.32 Å². The van der Waals surface area contributed by atoms with Gasteiger partial charge >= 0.3 is 0 Å². The van der Waals surface area contributed by atoms with E-state index in [-0.39, 0.29) is 0 Å². The number of hydrogen-bond acceptors (Lipinski definition) is 2.